The number of aromatic nitrogens is 4. The summed E-state index contributed by atoms with van der Waals surface area (Å²) in [6.45, 7) is 1.45. The van der Waals surface area contributed by atoms with Crippen LogP contribution in [0.5, 0.6) is 5.75 Å². The number of anilines is 2. The van der Waals surface area contributed by atoms with Gasteiger partial charge in [-0.1, -0.05) is 42.5 Å². The van der Waals surface area contributed by atoms with Crippen LogP contribution in [-0.2, 0) is 13.0 Å². The van der Waals surface area contributed by atoms with Crippen molar-refractivity contribution in [3.05, 3.63) is 126 Å². The van der Waals surface area contributed by atoms with Gasteiger partial charge in [0.15, 0.2) is 0 Å². The molecule has 0 saturated heterocycles. The lowest BCUT2D eigenvalue weighted by molar-refractivity contribution is 0.306. The number of nitrogens with one attached hydrogen (secondary N) is 1. The van der Waals surface area contributed by atoms with Gasteiger partial charge in [0.25, 0.3) is 0 Å². The van der Waals surface area contributed by atoms with Crippen LogP contribution in [0.15, 0.2) is 109 Å². The van der Waals surface area contributed by atoms with E-state index in [2.05, 4.69) is 41.4 Å². The predicted molar refractivity (Wildman–Crippen MR) is 164 cm³/mol. The van der Waals surface area contributed by atoms with Crippen molar-refractivity contribution in [2.24, 2.45) is 0 Å². The highest BCUT2D eigenvalue weighted by molar-refractivity contribution is 5.91. The molecule has 1 N–H and O–H groups in total. The number of likely N-dealkylation sites (N-methyl/N-ethyl adjacent to an activating group) is 1. The normalized spacial score (nSPS) is 11.2. The van der Waals surface area contributed by atoms with E-state index in [0.29, 0.717) is 23.9 Å². The first kappa shape index (κ1) is 27.1. The third-order valence-corrected chi connectivity index (χ3v) is 6.91. The highest BCUT2D eigenvalue weighted by atomic mass is 19.1. The molecule has 6 rings (SSSR count). The first-order chi connectivity index (χ1) is 20.5. The number of benzene rings is 3. The molecule has 0 spiro atoms. The van der Waals surface area contributed by atoms with Crippen LogP contribution in [0, 0.1) is 5.82 Å². The Morgan fingerprint density at radius 3 is 2.50 bits per heavy atom. The van der Waals surface area contributed by atoms with Crippen molar-refractivity contribution in [2.45, 2.75) is 13.0 Å². The van der Waals surface area contributed by atoms with E-state index in [9.17, 15) is 4.39 Å². The Labute approximate surface area is 244 Å². The maximum atomic E-state index is 14.2. The molecule has 3 aromatic heterocycles. The second kappa shape index (κ2) is 12.2. The first-order valence-corrected chi connectivity index (χ1v) is 13.8. The average molecular weight is 559 g/mol. The number of hydrogen-bond donors (Lipinski definition) is 1. The largest absolute Gasteiger partial charge is 0.489 e. The van der Waals surface area contributed by atoms with Crippen LogP contribution in [0.1, 0.15) is 11.1 Å². The van der Waals surface area contributed by atoms with Gasteiger partial charge in [-0.3, -0.25) is 0 Å². The van der Waals surface area contributed by atoms with Crippen molar-refractivity contribution >= 4 is 17.2 Å². The Kier molecular flexibility index (Phi) is 7.87. The van der Waals surface area contributed by atoms with Gasteiger partial charge < -0.3 is 15.0 Å². The predicted octanol–water partition coefficient (Wildman–Crippen LogP) is 7.02. The van der Waals surface area contributed by atoms with Gasteiger partial charge in [0.05, 0.1) is 23.0 Å². The lowest BCUT2D eigenvalue weighted by Gasteiger charge is -2.11. The van der Waals surface area contributed by atoms with Crippen LogP contribution in [-0.4, -0.2) is 45.1 Å². The lowest BCUT2D eigenvalue weighted by atomic mass is 10.0. The molecule has 0 fully saturated rings. The summed E-state index contributed by atoms with van der Waals surface area (Å²) in [7, 11) is 4.14. The third kappa shape index (κ3) is 6.29. The second-order valence-corrected chi connectivity index (χ2v) is 10.3. The van der Waals surface area contributed by atoms with Crippen LogP contribution in [0.3, 0.4) is 0 Å². The molecule has 7 nitrogen and oxygen atoms in total. The van der Waals surface area contributed by atoms with Crippen LogP contribution >= 0.6 is 0 Å². The van der Waals surface area contributed by atoms with Crippen LogP contribution < -0.4 is 10.1 Å². The molecule has 42 heavy (non-hydrogen) atoms. The minimum atomic E-state index is -0.369. The van der Waals surface area contributed by atoms with Gasteiger partial charge in [-0.2, -0.15) is 5.10 Å². The minimum Gasteiger partial charge on any atom is -0.489 e. The summed E-state index contributed by atoms with van der Waals surface area (Å²) >= 11 is 0. The Morgan fingerprint density at radius 1 is 0.881 bits per heavy atom. The molecule has 210 valence electrons. The third-order valence-electron chi connectivity index (χ3n) is 6.91. The molecule has 3 heterocycles. The van der Waals surface area contributed by atoms with Crippen molar-refractivity contribution in [1.82, 2.24) is 24.5 Å². The molecule has 0 aliphatic rings. The van der Waals surface area contributed by atoms with Crippen molar-refractivity contribution in [3.63, 3.8) is 0 Å². The van der Waals surface area contributed by atoms with Crippen LogP contribution in [0.2, 0.25) is 0 Å². The summed E-state index contributed by atoms with van der Waals surface area (Å²) in [6, 6.07) is 31.1. The SMILES string of the molecule is CN(C)CCc1cccc(Nc2nccc(-c3c(-c4ccc(OCc5ccccc5)cc4)nn4cc(F)ccc34)n2)c1. The molecule has 0 aliphatic carbocycles. The summed E-state index contributed by atoms with van der Waals surface area (Å²) in [5.74, 6) is 0.849. The summed E-state index contributed by atoms with van der Waals surface area (Å²) < 4.78 is 21.7. The standard InChI is InChI=1S/C34H31FN6O/c1-40(2)20-18-24-9-6-10-28(21-24)37-34-36-19-17-30(38-34)32-31-16-13-27(35)22-41(31)39-33(32)26-11-14-29(15-12-26)42-23-25-7-4-3-5-8-25/h3-17,19,21-22H,18,20,23H2,1-2H3,(H,36,37,38). The number of halogens is 1. The van der Waals surface area contributed by atoms with Gasteiger partial charge in [-0.15, -0.1) is 0 Å². The van der Waals surface area contributed by atoms with E-state index in [-0.39, 0.29) is 5.82 Å². The maximum absolute atomic E-state index is 14.2. The highest BCUT2D eigenvalue weighted by Gasteiger charge is 2.19. The number of ether oxygens (including phenoxy) is 1. The Morgan fingerprint density at radius 2 is 1.69 bits per heavy atom. The van der Waals surface area contributed by atoms with Gasteiger partial charge in [0.1, 0.15) is 23.9 Å². The Bertz CT molecular complexity index is 1800. The molecule has 0 amide bonds. The molecule has 8 heteroatoms. The maximum Gasteiger partial charge on any atom is 0.227 e. The Balaban J connectivity index is 1.30. The van der Waals surface area contributed by atoms with E-state index in [1.54, 1.807) is 16.8 Å². The van der Waals surface area contributed by atoms with E-state index in [1.807, 2.05) is 72.8 Å². The summed E-state index contributed by atoms with van der Waals surface area (Å²) in [5.41, 5.74) is 7.00. The van der Waals surface area contributed by atoms with Gasteiger partial charge in [-0.25, -0.2) is 18.9 Å². The number of fused-ring (bicyclic) bond motifs is 1. The topological polar surface area (TPSA) is 67.6 Å². The molecular formula is C34H31FN6O. The van der Waals surface area contributed by atoms with Gasteiger partial charge in [0, 0.05) is 24.0 Å². The molecule has 0 atom stereocenters. The van der Waals surface area contributed by atoms with Gasteiger partial charge in [-0.05, 0) is 86.2 Å². The van der Waals surface area contributed by atoms with Crippen molar-refractivity contribution < 1.29 is 9.13 Å². The summed E-state index contributed by atoms with van der Waals surface area (Å²) in [4.78, 5) is 11.5. The number of nitrogens with zero attached hydrogens (tertiary/aromatic N) is 5. The lowest BCUT2D eigenvalue weighted by Crippen LogP contribution is -2.15. The average Bonchev–Trinajstić information content (AvgIpc) is 3.39. The first-order valence-electron chi connectivity index (χ1n) is 13.8. The van der Waals surface area contributed by atoms with Gasteiger partial charge >= 0.3 is 0 Å². The van der Waals surface area contributed by atoms with E-state index in [1.165, 1.54) is 17.8 Å². The number of pyridine rings is 1. The molecule has 0 radical (unpaired) electrons. The zero-order valence-corrected chi connectivity index (χ0v) is 23.5. The van der Waals surface area contributed by atoms with Crippen LogP contribution in [0.25, 0.3) is 28.0 Å². The monoisotopic (exact) mass is 558 g/mol. The van der Waals surface area contributed by atoms with E-state index < -0.39 is 0 Å². The molecule has 0 saturated carbocycles. The minimum absolute atomic E-state index is 0.369. The fourth-order valence-corrected chi connectivity index (χ4v) is 4.77. The van der Waals surface area contributed by atoms with E-state index in [0.717, 1.165) is 46.6 Å². The van der Waals surface area contributed by atoms with E-state index >= 15 is 0 Å². The zero-order valence-electron chi connectivity index (χ0n) is 23.5. The molecule has 0 bridgehead atoms. The van der Waals surface area contributed by atoms with Gasteiger partial charge in [0.2, 0.25) is 5.95 Å². The van der Waals surface area contributed by atoms with Crippen molar-refractivity contribution in [2.75, 3.05) is 26.0 Å². The molecule has 0 unspecified atom stereocenters. The number of hydrogen-bond acceptors (Lipinski definition) is 6. The summed E-state index contributed by atoms with van der Waals surface area (Å²) in [6.07, 6.45) is 4.04. The summed E-state index contributed by atoms with van der Waals surface area (Å²) in [5, 5.41) is 8.10. The Hall–Kier alpha value is -5.08. The smallest absolute Gasteiger partial charge is 0.227 e. The second-order valence-electron chi connectivity index (χ2n) is 10.3. The van der Waals surface area contributed by atoms with E-state index in [4.69, 9.17) is 14.8 Å². The van der Waals surface area contributed by atoms with Crippen LogP contribution in [0.4, 0.5) is 16.0 Å². The molecule has 3 aromatic carbocycles. The fraction of sp³-hybridized carbons (Fsp3) is 0.147. The van der Waals surface area contributed by atoms with Crippen molar-refractivity contribution in [3.8, 4) is 28.3 Å². The molecular weight excluding hydrogens is 527 g/mol. The zero-order chi connectivity index (χ0) is 28.9. The number of rotatable bonds is 10. The van der Waals surface area contributed by atoms with Crippen molar-refractivity contribution in [1.29, 1.82) is 0 Å². The quantitative estimate of drug-likeness (QED) is 0.195. The highest BCUT2D eigenvalue weighted by Crippen LogP contribution is 2.35. The molecule has 0 aliphatic heterocycles. The molecule has 6 aromatic rings. The fourth-order valence-electron chi connectivity index (χ4n) is 4.77.